The van der Waals surface area contributed by atoms with Gasteiger partial charge in [0.1, 0.15) is 5.75 Å². The largest absolute Gasteiger partial charge is 0.508 e. The van der Waals surface area contributed by atoms with Crippen LogP contribution in [0.5, 0.6) is 5.75 Å². The number of hydrogen-bond donors (Lipinski definition) is 2. The second kappa shape index (κ2) is 3.51. The van der Waals surface area contributed by atoms with E-state index in [2.05, 4.69) is 5.92 Å². The first-order chi connectivity index (χ1) is 6.14. The third-order valence-corrected chi connectivity index (χ3v) is 2.10. The molecule has 0 bridgehead atoms. The first-order valence-corrected chi connectivity index (χ1v) is 4.12. The van der Waals surface area contributed by atoms with Gasteiger partial charge in [0.2, 0.25) is 0 Å². The van der Waals surface area contributed by atoms with E-state index in [9.17, 15) is 10.2 Å². The van der Waals surface area contributed by atoms with Crippen molar-refractivity contribution in [3.05, 3.63) is 29.8 Å². The van der Waals surface area contributed by atoms with Crippen LogP contribution >= 0.6 is 0 Å². The molecule has 0 aliphatic rings. The van der Waals surface area contributed by atoms with E-state index in [0.717, 1.165) is 0 Å². The van der Waals surface area contributed by atoms with Gasteiger partial charge in [-0.05, 0) is 12.5 Å². The Bertz CT molecular complexity index is 338. The van der Waals surface area contributed by atoms with Gasteiger partial charge < -0.3 is 10.2 Å². The van der Waals surface area contributed by atoms with Crippen molar-refractivity contribution in [2.75, 3.05) is 0 Å². The number of rotatable bonds is 2. The van der Waals surface area contributed by atoms with E-state index < -0.39 is 5.60 Å². The Balaban J connectivity index is 3.22. The number of phenolic OH excluding ortho intramolecular Hbond substituents is 1. The molecule has 0 heterocycles. The lowest BCUT2D eigenvalue weighted by Crippen LogP contribution is -2.21. The standard InChI is InChI=1S/C11H12O2/c1-3-11(13,4-2)9-7-5-6-8-10(9)12/h1,5-8,12-13H,4H2,2H3. The van der Waals surface area contributed by atoms with Crippen LogP contribution in [0.15, 0.2) is 24.3 Å². The second-order valence-electron chi connectivity index (χ2n) is 2.88. The maximum atomic E-state index is 9.88. The fraction of sp³-hybridized carbons (Fsp3) is 0.273. The molecule has 1 atom stereocenters. The minimum atomic E-state index is -1.36. The van der Waals surface area contributed by atoms with Gasteiger partial charge in [0, 0.05) is 5.56 Å². The molecule has 1 aromatic carbocycles. The topological polar surface area (TPSA) is 40.5 Å². The van der Waals surface area contributed by atoms with Gasteiger partial charge in [-0.2, -0.15) is 0 Å². The summed E-state index contributed by atoms with van der Waals surface area (Å²) in [4.78, 5) is 0. The lowest BCUT2D eigenvalue weighted by molar-refractivity contribution is 0.0932. The predicted molar refractivity (Wildman–Crippen MR) is 51.1 cm³/mol. The van der Waals surface area contributed by atoms with Crippen LogP contribution in [0.1, 0.15) is 18.9 Å². The molecule has 1 aromatic rings. The summed E-state index contributed by atoms with van der Waals surface area (Å²) in [6.45, 7) is 1.77. The van der Waals surface area contributed by atoms with Gasteiger partial charge in [0.15, 0.2) is 5.60 Å². The summed E-state index contributed by atoms with van der Waals surface area (Å²) in [6, 6.07) is 6.55. The van der Waals surface area contributed by atoms with E-state index in [-0.39, 0.29) is 5.75 Å². The molecule has 2 heteroatoms. The van der Waals surface area contributed by atoms with E-state index >= 15 is 0 Å². The summed E-state index contributed by atoms with van der Waals surface area (Å²) in [5.41, 5.74) is -0.967. The van der Waals surface area contributed by atoms with Gasteiger partial charge in [-0.1, -0.05) is 31.0 Å². The molecule has 0 amide bonds. The molecular weight excluding hydrogens is 164 g/mol. The number of phenols is 1. The summed E-state index contributed by atoms with van der Waals surface area (Å²) in [5.74, 6) is 2.31. The molecule has 0 aliphatic carbocycles. The van der Waals surface area contributed by atoms with Crippen molar-refractivity contribution in [2.45, 2.75) is 18.9 Å². The number of aromatic hydroxyl groups is 1. The van der Waals surface area contributed by atoms with Gasteiger partial charge >= 0.3 is 0 Å². The highest BCUT2D eigenvalue weighted by Crippen LogP contribution is 2.30. The number of terminal acetylenes is 1. The third kappa shape index (κ3) is 1.66. The van der Waals surface area contributed by atoms with Crippen LogP contribution in [0.3, 0.4) is 0 Å². The van der Waals surface area contributed by atoms with Crippen molar-refractivity contribution in [2.24, 2.45) is 0 Å². The zero-order chi connectivity index (χ0) is 9.90. The molecule has 0 spiro atoms. The molecule has 0 aliphatic heterocycles. The van der Waals surface area contributed by atoms with Gasteiger partial charge in [0.05, 0.1) is 0 Å². The minimum absolute atomic E-state index is 0.0322. The summed E-state index contributed by atoms with van der Waals surface area (Å²) in [5, 5.41) is 19.3. The quantitative estimate of drug-likeness (QED) is 0.672. The number of hydrogen-bond acceptors (Lipinski definition) is 2. The molecule has 68 valence electrons. The van der Waals surface area contributed by atoms with Crippen molar-refractivity contribution in [3.8, 4) is 18.1 Å². The smallest absolute Gasteiger partial charge is 0.153 e. The fourth-order valence-corrected chi connectivity index (χ4v) is 1.19. The Morgan fingerprint density at radius 2 is 2.08 bits per heavy atom. The number of benzene rings is 1. The zero-order valence-corrected chi connectivity index (χ0v) is 7.49. The third-order valence-electron chi connectivity index (χ3n) is 2.10. The molecule has 1 unspecified atom stereocenters. The highest BCUT2D eigenvalue weighted by atomic mass is 16.3. The van der Waals surface area contributed by atoms with Crippen LogP contribution in [-0.2, 0) is 5.60 Å². The Labute approximate surface area is 77.8 Å². The highest BCUT2D eigenvalue weighted by molar-refractivity contribution is 5.41. The average molecular weight is 176 g/mol. The maximum Gasteiger partial charge on any atom is 0.153 e. The first kappa shape index (κ1) is 9.63. The van der Waals surface area contributed by atoms with Crippen LogP contribution in [-0.4, -0.2) is 10.2 Å². The first-order valence-electron chi connectivity index (χ1n) is 4.12. The normalized spacial score (nSPS) is 14.5. The Hall–Kier alpha value is -1.46. The summed E-state index contributed by atoms with van der Waals surface area (Å²) < 4.78 is 0. The SMILES string of the molecule is C#CC(O)(CC)c1ccccc1O. The molecule has 13 heavy (non-hydrogen) atoms. The van der Waals surface area contributed by atoms with Crippen molar-refractivity contribution in [3.63, 3.8) is 0 Å². The van der Waals surface area contributed by atoms with E-state index in [1.165, 1.54) is 6.07 Å². The second-order valence-corrected chi connectivity index (χ2v) is 2.88. The molecule has 2 nitrogen and oxygen atoms in total. The summed E-state index contributed by atoms with van der Waals surface area (Å²) >= 11 is 0. The zero-order valence-electron chi connectivity index (χ0n) is 7.49. The predicted octanol–water partition coefficient (Wildman–Crippen LogP) is 1.62. The fourth-order valence-electron chi connectivity index (χ4n) is 1.19. The van der Waals surface area contributed by atoms with Crippen LogP contribution in [0.4, 0.5) is 0 Å². The lowest BCUT2D eigenvalue weighted by Gasteiger charge is -2.21. The molecule has 0 saturated carbocycles. The summed E-state index contributed by atoms with van der Waals surface area (Å²) in [7, 11) is 0. The summed E-state index contributed by atoms with van der Waals surface area (Å²) in [6.07, 6.45) is 5.58. The molecule has 1 rings (SSSR count). The van der Waals surface area contributed by atoms with Gasteiger partial charge in [0.25, 0.3) is 0 Å². The highest BCUT2D eigenvalue weighted by Gasteiger charge is 2.26. The Morgan fingerprint density at radius 1 is 1.46 bits per heavy atom. The van der Waals surface area contributed by atoms with E-state index in [1.807, 2.05) is 0 Å². The lowest BCUT2D eigenvalue weighted by atomic mass is 9.91. The van der Waals surface area contributed by atoms with E-state index in [1.54, 1.807) is 25.1 Å². The van der Waals surface area contributed by atoms with Crippen LogP contribution in [0, 0.1) is 12.3 Å². The minimum Gasteiger partial charge on any atom is -0.508 e. The molecular formula is C11H12O2. The number of aliphatic hydroxyl groups is 1. The number of para-hydroxylation sites is 1. The van der Waals surface area contributed by atoms with Gasteiger partial charge in [-0.3, -0.25) is 0 Å². The van der Waals surface area contributed by atoms with Crippen LogP contribution < -0.4 is 0 Å². The Morgan fingerprint density at radius 3 is 2.54 bits per heavy atom. The van der Waals surface area contributed by atoms with Crippen molar-refractivity contribution in [1.82, 2.24) is 0 Å². The molecule has 2 N–H and O–H groups in total. The maximum absolute atomic E-state index is 9.88. The van der Waals surface area contributed by atoms with E-state index in [0.29, 0.717) is 12.0 Å². The van der Waals surface area contributed by atoms with Gasteiger partial charge in [-0.25, -0.2) is 0 Å². The monoisotopic (exact) mass is 176 g/mol. The van der Waals surface area contributed by atoms with Crippen molar-refractivity contribution in [1.29, 1.82) is 0 Å². The van der Waals surface area contributed by atoms with Crippen LogP contribution in [0.25, 0.3) is 0 Å². The van der Waals surface area contributed by atoms with Crippen LogP contribution in [0.2, 0.25) is 0 Å². The molecule has 0 fully saturated rings. The molecule has 0 aromatic heterocycles. The van der Waals surface area contributed by atoms with Crippen molar-refractivity contribution < 1.29 is 10.2 Å². The molecule has 0 saturated heterocycles. The molecule has 0 radical (unpaired) electrons. The Kier molecular flexibility index (Phi) is 2.60. The average Bonchev–Trinajstić information content (AvgIpc) is 2.17. The van der Waals surface area contributed by atoms with Gasteiger partial charge in [-0.15, -0.1) is 6.42 Å². The van der Waals surface area contributed by atoms with Crippen molar-refractivity contribution >= 4 is 0 Å². The van der Waals surface area contributed by atoms with E-state index in [4.69, 9.17) is 6.42 Å².